The Labute approximate surface area is 136 Å². The smallest absolute Gasteiger partial charge is 0.189 e. The summed E-state index contributed by atoms with van der Waals surface area (Å²) in [6.45, 7) is 0. The number of para-hydroxylation sites is 1. The van der Waals surface area contributed by atoms with Gasteiger partial charge in [-0.3, -0.25) is 0 Å². The van der Waals surface area contributed by atoms with Gasteiger partial charge >= 0.3 is 0 Å². The minimum Gasteiger partial charge on any atom is -0.401 e. The molecule has 21 heavy (non-hydrogen) atoms. The SMILES string of the molecule is O[C]([Al])(C/C=C/c1ccccc1)c1nc2ccccc2s1. The van der Waals surface area contributed by atoms with Crippen molar-refractivity contribution < 1.29 is 5.11 Å². The summed E-state index contributed by atoms with van der Waals surface area (Å²) in [5.74, 6) is 0. The van der Waals surface area contributed by atoms with Gasteiger partial charge in [-0.25, -0.2) is 4.98 Å². The van der Waals surface area contributed by atoms with Crippen molar-refractivity contribution in [3.05, 3.63) is 71.2 Å². The second-order valence-electron chi connectivity index (χ2n) is 4.93. The lowest BCUT2D eigenvalue weighted by molar-refractivity contribution is 0.131. The predicted molar refractivity (Wildman–Crippen MR) is 89.4 cm³/mol. The van der Waals surface area contributed by atoms with E-state index in [1.807, 2.05) is 66.7 Å². The number of nitrogens with zero attached hydrogens (tertiary/aromatic N) is 1. The predicted octanol–water partition coefficient (Wildman–Crippen LogP) is 3.71. The Morgan fingerprint density at radius 3 is 2.57 bits per heavy atom. The molecule has 3 aromatic rings. The molecule has 0 aliphatic heterocycles. The minimum atomic E-state index is -1.02. The molecule has 0 saturated heterocycles. The highest BCUT2D eigenvalue weighted by atomic mass is 32.1. The van der Waals surface area contributed by atoms with E-state index in [4.69, 9.17) is 0 Å². The molecule has 1 N–H and O–H groups in total. The van der Waals surface area contributed by atoms with Crippen molar-refractivity contribution in [1.29, 1.82) is 0 Å². The number of thiazole rings is 1. The van der Waals surface area contributed by atoms with Crippen molar-refractivity contribution in [2.24, 2.45) is 0 Å². The number of hydrogen-bond acceptors (Lipinski definition) is 3. The Morgan fingerprint density at radius 2 is 1.81 bits per heavy atom. The lowest BCUT2D eigenvalue weighted by Crippen LogP contribution is -2.24. The molecule has 0 aliphatic rings. The fourth-order valence-corrected chi connectivity index (χ4v) is 3.44. The Kier molecular flexibility index (Phi) is 4.23. The summed E-state index contributed by atoms with van der Waals surface area (Å²) in [4.78, 5) is 4.52. The average Bonchev–Trinajstić information content (AvgIpc) is 2.93. The van der Waals surface area contributed by atoms with Crippen molar-refractivity contribution in [3.8, 4) is 0 Å². The fraction of sp³-hybridized carbons (Fsp3) is 0.118. The van der Waals surface area contributed by atoms with Crippen molar-refractivity contribution in [2.75, 3.05) is 0 Å². The second kappa shape index (κ2) is 6.13. The maximum Gasteiger partial charge on any atom is 0.189 e. The van der Waals surface area contributed by atoms with Crippen LogP contribution in [0, 0.1) is 0 Å². The zero-order chi connectivity index (χ0) is 14.7. The first-order valence-corrected chi connectivity index (χ1v) is 8.13. The van der Waals surface area contributed by atoms with Crippen molar-refractivity contribution in [2.45, 2.75) is 10.9 Å². The van der Waals surface area contributed by atoms with Gasteiger partial charge in [0.1, 0.15) is 5.01 Å². The van der Waals surface area contributed by atoms with Crippen LogP contribution in [0.2, 0.25) is 0 Å². The molecule has 0 fully saturated rings. The number of aliphatic hydroxyl groups is 1. The Morgan fingerprint density at radius 1 is 1.10 bits per heavy atom. The Bertz CT molecular complexity index is 732. The molecule has 2 radical (unpaired) electrons. The van der Waals surface area contributed by atoms with E-state index in [-0.39, 0.29) is 0 Å². The van der Waals surface area contributed by atoms with Gasteiger partial charge in [-0.15, -0.1) is 11.3 Å². The lowest BCUT2D eigenvalue weighted by Gasteiger charge is -2.20. The lowest BCUT2D eigenvalue weighted by atomic mass is 10.1. The molecule has 2 aromatic carbocycles. The van der Waals surface area contributed by atoms with E-state index >= 15 is 0 Å². The first-order chi connectivity index (χ1) is 10.1. The van der Waals surface area contributed by atoms with Crippen LogP contribution in [0.1, 0.15) is 17.0 Å². The first-order valence-electron chi connectivity index (χ1n) is 6.74. The molecule has 0 bridgehead atoms. The van der Waals surface area contributed by atoms with E-state index in [1.54, 1.807) is 0 Å². The minimum absolute atomic E-state index is 0.506. The molecule has 3 rings (SSSR count). The van der Waals surface area contributed by atoms with Crippen LogP contribution in [0.5, 0.6) is 0 Å². The molecule has 4 heteroatoms. The molecule has 1 heterocycles. The highest BCUT2D eigenvalue weighted by Gasteiger charge is 2.23. The van der Waals surface area contributed by atoms with Gasteiger partial charge in [0.2, 0.25) is 0 Å². The summed E-state index contributed by atoms with van der Waals surface area (Å²) in [5, 5.41) is 11.4. The van der Waals surface area contributed by atoms with Gasteiger partial charge in [-0.2, -0.15) is 0 Å². The maximum absolute atomic E-state index is 10.6. The van der Waals surface area contributed by atoms with Gasteiger partial charge in [0.15, 0.2) is 16.3 Å². The number of aromatic nitrogens is 1. The van der Waals surface area contributed by atoms with E-state index < -0.39 is 4.46 Å². The third kappa shape index (κ3) is 3.42. The highest BCUT2D eigenvalue weighted by molar-refractivity contribution is 7.18. The van der Waals surface area contributed by atoms with Crippen LogP contribution in [0.25, 0.3) is 16.3 Å². The first kappa shape index (κ1) is 14.5. The molecule has 0 aliphatic carbocycles. The molecule has 1 atom stereocenters. The standard InChI is InChI=1S/C17H14NOS.Al/c19-15(11-6-9-13-7-2-1-3-8-13)17-18-14-10-4-5-12-16(14)20-17;/h1-10,12,19H,11H2;/b9-6+;. The zero-order valence-corrected chi connectivity index (χ0v) is 13.4. The number of benzene rings is 2. The van der Waals surface area contributed by atoms with E-state index in [0.717, 1.165) is 20.8 Å². The van der Waals surface area contributed by atoms with Crippen LogP contribution in [0.4, 0.5) is 0 Å². The summed E-state index contributed by atoms with van der Waals surface area (Å²) in [6, 6.07) is 18.0. The highest BCUT2D eigenvalue weighted by Crippen LogP contribution is 2.30. The normalized spacial score (nSPS) is 14.5. The fourth-order valence-electron chi connectivity index (χ4n) is 2.08. The van der Waals surface area contributed by atoms with Crippen LogP contribution < -0.4 is 0 Å². The van der Waals surface area contributed by atoms with Crippen LogP contribution in [-0.4, -0.2) is 26.4 Å². The van der Waals surface area contributed by atoms with Crippen LogP contribution in [0.15, 0.2) is 60.7 Å². The van der Waals surface area contributed by atoms with Crippen LogP contribution in [0.3, 0.4) is 0 Å². The van der Waals surface area contributed by atoms with Gasteiger partial charge in [0.25, 0.3) is 0 Å². The van der Waals surface area contributed by atoms with Crippen molar-refractivity contribution in [3.63, 3.8) is 0 Å². The van der Waals surface area contributed by atoms with Crippen LogP contribution in [-0.2, 0) is 4.46 Å². The molecule has 2 nitrogen and oxygen atoms in total. The van der Waals surface area contributed by atoms with E-state index in [1.165, 1.54) is 11.3 Å². The van der Waals surface area contributed by atoms with E-state index in [9.17, 15) is 5.11 Å². The van der Waals surface area contributed by atoms with Gasteiger partial charge < -0.3 is 5.11 Å². The molecule has 1 unspecified atom stereocenters. The summed E-state index contributed by atoms with van der Waals surface area (Å²) in [6.07, 6.45) is 4.50. The Balaban J connectivity index is 1.78. The zero-order valence-electron chi connectivity index (χ0n) is 11.4. The van der Waals surface area contributed by atoms with Crippen molar-refractivity contribution in [1.82, 2.24) is 4.98 Å². The van der Waals surface area contributed by atoms with E-state index in [2.05, 4.69) is 21.3 Å². The monoisotopic (exact) mass is 307 g/mol. The summed E-state index contributed by atoms with van der Waals surface area (Å²) in [7, 11) is 0. The summed E-state index contributed by atoms with van der Waals surface area (Å²) in [5.41, 5.74) is 2.06. The van der Waals surface area contributed by atoms with Crippen molar-refractivity contribution >= 4 is 43.9 Å². The molecule has 0 spiro atoms. The number of hydrogen-bond donors (Lipinski definition) is 1. The number of rotatable bonds is 4. The van der Waals surface area contributed by atoms with Gasteiger partial charge in [0.05, 0.1) is 10.2 Å². The average molecular weight is 307 g/mol. The molecular weight excluding hydrogens is 293 g/mol. The second-order valence-corrected chi connectivity index (χ2v) is 6.91. The largest absolute Gasteiger partial charge is 0.401 e. The molecule has 0 amide bonds. The third-order valence-electron chi connectivity index (χ3n) is 3.20. The topological polar surface area (TPSA) is 33.1 Å². The summed E-state index contributed by atoms with van der Waals surface area (Å²) >= 11 is 4.05. The Hall–Kier alpha value is -1.44. The molecule has 102 valence electrons. The van der Waals surface area contributed by atoms with Gasteiger partial charge in [-0.05, 0) is 24.1 Å². The molecular formula is C17H14AlNOS. The van der Waals surface area contributed by atoms with Crippen LogP contribution >= 0.6 is 11.3 Å². The summed E-state index contributed by atoms with van der Waals surface area (Å²) < 4.78 is 0.0787. The third-order valence-corrected chi connectivity index (χ3v) is 5.12. The number of fused-ring (bicyclic) bond motifs is 1. The quantitative estimate of drug-likeness (QED) is 0.745. The molecule has 0 saturated carbocycles. The van der Waals surface area contributed by atoms with Gasteiger partial charge in [0, 0.05) is 4.46 Å². The molecule has 1 aromatic heterocycles. The van der Waals surface area contributed by atoms with E-state index in [0.29, 0.717) is 6.42 Å². The van der Waals surface area contributed by atoms with Gasteiger partial charge in [-0.1, -0.05) is 54.6 Å². The maximum atomic E-state index is 10.6.